The number of esters is 2. The molecule has 0 saturated carbocycles. The Morgan fingerprint density at radius 1 is 1.11 bits per heavy atom. The van der Waals surface area contributed by atoms with Gasteiger partial charge < -0.3 is 24.8 Å². The Balaban J connectivity index is 1.52. The monoisotopic (exact) mass is 532 g/mol. The molecule has 1 aliphatic heterocycles. The first-order valence-corrected chi connectivity index (χ1v) is 12.9. The molecule has 202 valence electrons. The quantitative estimate of drug-likeness (QED) is 0.376. The lowest BCUT2D eigenvalue weighted by atomic mass is 9.84. The lowest BCUT2D eigenvalue weighted by Gasteiger charge is -2.34. The van der Waals surface area contributed by atoms with Gasteiger partial charge in [-0.05, 0) is 69.6 Å². The second-order valence-electron chi connectivity index (χ2n) is 10.5. The molecule has 3 rings (SSSR count). The van der Waals surface area contributed by atoms with Gasteiger partial charge in [0.2, 0.25) is 11.5 Å². The zero-order valence-corrected chi connectivity index (χ0v) is 23.0. The van der Waals surface area contributed by atoms with Gasteiger partial charge in [-0.2, -0.15) is 0 Å². The highest BCUT2D eigenvalue weighted by Crippen LogP contribution is 2.30. The molecule has 0 amide bonds. The molecule has 0 bridgehead atoms. The van der Waals surface area contributed by atoms with Gasteiger partial charge in [0.25, 0.3) is 0 Å². The second-order valence-corrected chi connectivity index (χ2v) is 10.9. The molecule has 1 aliphatic rings. The van der Waals surface area contributed by atoms with Crippen molar-refractivity contribution in [2.75, 3.05) is 31.7 Å². The number of piperidine rings is 1. The van der Waals surface area contributed by atoms with Gasteiger partial charge in [0.1, 0.15) is 11.4 Å². The van der Waals surface area contributed by atoms with E-state index in [4.69, 9.17) is 31.5 Å². The molecule has 9 nitrogen and oxygen atoms in total. The first-order chi connectivity index (χ1) is 17.4. The van der Waals surface area contributed by atoms with Gasteiger partial charge in [0.05, 0.1) is 31.1 Å². The molecule has 0 unspecified atom stereocenters. The van der Waals surface area contributed by atoms with E-state index in [9.17, 15) is 9.59 Å². The third-order valence-electron chi connectivity index (χ3n) is 6.61. The first kappa shape index (κ1) is 28.7. The number of hydrogen-bond acceptors (Lipinski definition) is 9. The number of benzene rings is 1. The van der Waals surface area contributed by atoms with E-state index in [1.165, 1.54) is 7.11 Å². The lowest BCUT2D eigenvalue weighted by molar-refractivity contribution is -0.171. The summed E-state index contributed by atoms with van der Waals surface area (Å²) in [4.78, 5) is 36.1. The van der Waals surface area contributed by atoms with Crippen molar-refractivity contribution in [3.05, 3.63) is 47.2 Å². The molecular formula is C27H37ClN4O5. The van der Waals surface area contributed by atoms with E-state index in [0.717, 1.165) is 38.3 Å². The van der Waals surface area contributed by atoms with Crippen molar-refractivity contribution in [2.24, 2.45) is 17.6 Å². The molecule has 10 heteroatoms. The largest absolute Gasteiger partial charge is 0.494 e. The van der Waals surface area contributed by atoms with Crippen LogP contribution in [0.4, 0.5) is 5.95 Å². The molecule has 2 heterocycles. The third kappa shape index (κ3) is 7.32. The number of nitrogens with two attached hydrogens (primary N) is 1. The Bertz CT molecular complexity index is 1050. The number of methoxy groups -OCH3 is 1. The summed E-state index contributed by atoms with van der Waals surface area (Å²) in [5.74, 6) is 0.683. The van der Waals surface area contributed by atoms with Gasteiger partial charge in [-0.25, -0.2) is 19.6 Å². The van der Waals surface area contributed by atoms with Crippen LogP contribution in [-0.4, -0.2) is 54.3 Å². The Hall–Kier alpha value is -2.91. The highest BCUT2D eigenvalue weighted by Gasteiger charge is 2.48. The fourth-order valence-corrected chi connectivity index (χ4v) is 4.49. The average Bonchev–Trinajstić information content (AvgIpc) is 2.87. The van der Waals surface area contributed by atoms with Crippen molar-refractivity contribution in [3.63, 3.8) is 0 Å². The summed E-state index contributed by atoms with van der Waals surface area (Å²) in [7, 11) is 1.18. The fraction of sp³-hybridized carbons (Fsp3) is 0.556. The van der Waals surface area contributed by atoms with Gasteiger partial charge in [-0.1, -0.05) is 30.7 Å². The lowest BCUT2D eigenvalue weighted by Crippen LogP contribution is -2.54. The maximum atomic E-state index is 12.8. The molecule has 1 aromatic carbocycles. The van der Waals surface area contributed by atoms with Crippen LogP contribution in [0.3, 0.4) is 0 Å². The molecule has 0 spiro atoms. The van der Waals surface area contributed by atoms with Crippen LogP contribution in [-0.2, 0) is 24.6 Å². The number of carbonyl (C=O) groups is 2. The average molecular weight is 533 g/mol. The highest BCUT2D eigenvalue weighted by atomic mass is 35.5. The highest BCUT2D eigenvalue weighted by molar-refractivity contribution is 6.30. The summed E-state index contributed by atoms with van der Waals surface area (Å²) in [6.45, 7) is 9.76. The van der Waals surface area contributed by atoms with Crippen LogP contribution in [0.1, 0.15) is 52.5 Å². The van der Waals surface area contributed by atoms with Crippen molar-refractivity contribution in [1.29, 1.82) is 0 Å². The van der Waals surface area contributed by atoms with E-state index < -0.39 is 23.1 Å². The number of aromatic nitrogens is 2. The maximum Gasteiger partial charge on any atom is 0.343 e. The molecule has 2 atom stereocenters. The van der Waals surface area contributed by atoms with E-state index in [1.54, 1.807) is 57.4 Å². The van der Waals surface area contributed by atoms with E-state index >= 15 is 0 Å². The maximum absolute atomic E-state index is 12.8. The number of ether oxygens (including phenoxy) is 3. The van der Waals surface area contributed by atoms with Crippen LogP contribution < -0.4 is 15.4 Å². The zero-order chi connectivity index (χ0) is 27.2. The van der Waals surface area contributed by atoms with E-state index in [1.807, 2.05) is 0 Å². The van der Waals surface area contributed by atoms with Crippen molar-refractivity contribution in [2.45, 2.75) is 58.1 Å². The minimum absolute atomic E-state index is 0.269. The van der Waals surface area contributed by atoms with Crippen LogP contribution in [0.25, 0.3) is 0 Å². The van der Waals surface area contributed by atoms with E-state index in [0.29, 0.717) is 29.2 Å². The first-order valence-electron chi connectivity index (χ1n) is 12.5. The molecule has 2 N–H and O–H groups in total. The Morgan fingerprint density at radius 2 is 1.70 bits per heavy atom. The molecule has 0 aliphatic carbocycles. The van der Waals surface area contributed by atoms with Gasteiger partial charge in [-0.3, -0.25) is 0 Å². The van der Waals surface area contributed by atoms with Crippen molar-refractivity contribution in [1.82, 2.24) is 9.97 Å². The van der Waals surface area contributed by atoms with Crippen LogP contribution in [0.5, 0.6) is 5.75 Å². The fourth-order valence-electron chi connectivity index (χ4n) is 4.39. The minimum atomic E-state index is -2.07. The van der Waals surface area contributed by atoms with Crippen LogP contribution in [0.2, 0.25) is 5.02 Å². The zero-order valence-electron chi connectivity index (χ0n) is 22.2. The smallest absolute Gasteiger partial charge is 0.343 e. The summed E-state index contributed by atoms with van der Waals surface area (Å²) in [6.07, 6.45) is 6.30. The van der Waals surface area contributed by atoms with Crippen LogP contribution >= 0.6 is 11.6 Å². The predicted molar refractivity (Wildman–Crippen MR) is 141 cm³/mol. The van der Waals surface area contributed by atoms with Gasteiger partial charge >= 0.3 is 11.9 Å². The number of rotatable bonds is 9. The standard InChI is InChI=1S/C27H37ClN4O5/c1-18(19-10-13-32(14-11-19)25-30-16-21(28)17-31-25)12-15-36-22-8-6-20(7-9-22)27(29,23(33)35-5)24(34)37-26(2,3)4/h6-9,16-19H,10-15,29H2,1-5H3/t18-,27+/m1/s1. The molecule has 1 saturated heterocycles. The molecule has 2 aromatic rings. The Labute approximate surface area is 223 Å². The van der Waals surface area contributed by atoms with Crippen LogP contribution in [0.15, 0.2) is 36.7 Å². The van der Waals surface area contributed by atoms with Gasteiger partial charge in [0, 0.05) is 13.1 Å². The normalized spacial score (nSPS) is 17.0. The van der Waals surface area contributed by atoms with Crippen molar-refractivity contribution in [3.8, 4) is 5.75 Å². The molecule has 0 radical (unpaired) electrons. The summed E-state index contributed by atoms with van der Waals surface area (Å²) in [5.41, 5.74) is 3.63. The predicted octanol–water partition coefficient (Wildman–Crippen LogP) is 4.12. The number of anilines is 1. The Kier molecular flexibility index (Phi) is 9.36. The van der Waals surface area contributed by atoms with Gasteiger partial charge in [-0.15, -0.1) is 0 Å². The molecule has 37 heavy (non-hydrogen) atoms. The topological polar surface area (TPSA) is 117 Å². The summed E-state index contributed by atoms with van der Waals surface area (Å²) in [6, 6.07) is 6.57. The second kappa shape index (κ2) is 12.1. The number of halogens is 1. The third-order valence-corrected chi connectivity index (χ3v) is 6.81. The van der Waals surface area contributed by atoms with Crippen molar-refractivity contribution >= 4 is 29.5 Å². The minimum Gasteiger partial charge on any atom is -0.494 e. The summed E-state index contributed by atoms with van der Waals surface area (Å²) >= 11 is 5.89. The SMILES string of the molecule is COC(=O)[C@](N)(C(=O)OC(C)(C)C)c1ccc(OCC[C@@H](C)C2CCN(c3ncc(Cl)cn3)CC2)cc1. The number of hydrogen-bond donors (Lipinski definition) is 1. The van der Waals surface area contributed by atoms with E-state index in [-0.39, 0.29) is 5.56 Å². The molecular weight excluding hydrogens is 496 g/mol. The Morgan fingerprint density at radius 3 is 2.24 bits per heavy atom. The summed E-state index contributed by atoms with van der Waals surface area (Å²) in [5, 5.41) is 0.538. The molecule has 1 fully saturated rings. The summed E-state index contributed by atoms with van der Waals surface area (Å²) < 4.78 is 16.1. The molecule has 1 aromatic heterocycles. The van der Waals surface area contributed by atoms with E-state index in [2.05, 4.69) is 21.8 Å². The number of carbonyl (C=O) groups excluding carboxylic acids is 2. The van der Waals surface area contributed by atoms with Crippen molar-refractivity contribution < 1.29 is 23.8 Å². The van der Waals surface area contributed by atoms with Crippen LogP contribution in [0, 0.1) is 11.8 Å². The van der Waals surface area contributed by atoms with Gasteiger partial charge in [0.15, 0.2) is 0 Å². The number of nitrogens with zero attached hydrogens (tertiary/aromatic N) is 3.